The fourth-order valence-electron chi connectivity index (χ4n) is 3.64. The summed E-state index contributed by atoms with van der Waals surface area (Å²) >= 11 is 0. The number of rotatable bonds is 8. The van der Waals surface area contributed by atoms with Gasteiger partial charge in [-0.3, -0.25) is 4.99 Å². The van der Waals surface area contributed by atoms with E-state index in [9.17, 15) is 0 Å². The predicted octanol–water partition coefficient (Wildman–Crippen LogP) is 2.61. The standard InChI is InChI=1S/C22H38N4O2/c1-7-27-19(10-11-25(5)6)15-24-22(23-4)26-12-13-28-21(16-26)20-9-8-17(2)14-18(20)3/h8-9,14,19,21H,7,10-13,15-16H2,1-6H3,(H,23,24). The second kappa shape index (κ2) is 11.4. The van der Waals surface area contributed by atoms with Crippen LogP contribution in [-0.4, -0.2) is 82.4 Å². The zero-order chi connectivity index (χ0) is 20.5. The molecule has 158 valence electrons. The third kappa shape index (κ3) is 6.76. The molecule has 2 rings (SSSR count). The molecule has 6 heteroatoms. The summed E-state index contributed by atoms with van der Waals surface area (Å²) in [6, 6.07) is 6.58. The van der Waals surface area contributed by atoms with Gasteiger partial charge in [0, 0.05) is 33.3 Å². The zero-order valence-corrected chi connectivity index (χ0v) is 18.5. The molecule has 6 nitrogen and oxygen atoms in total. The lowest BCUT2D eigenvalue weighted by Gasteiger charge is -2.36. The van der Waals surface area contributed by atoms with E-state index < -0.39 is 0 Å². The first kappa shape index (κ1) is 22.7. The van der Waals surface area contributed by atoms with Crippen molar-refractivity contribution in [2.45, 2.75) is 39.4 Å². The number of hydrogen-bond acceptors (Lipinski definition) is 4. The molecule has 0 amide bonds. The van der Waals surface area contributed by atoms with E-state index in [4.69, 9.17) is 9.47 Å². The van der Waals surface area contributed by atoms with Gasteiger partial charge in [-0.15, -0.1) is 0 Å². The number of aliphatic imine (C=N–C) groups is 1. The summed E-state index contributed by atoms with van der Waals surface area (Å²) in [5.74, 6) is 0.924. The first-order valence-electron chi connectivity index (χ1n) is 10.3. The highest BCUT2D eigenvalue weighted by Gasteiger charge is 2.25. The van der Waals surface area contributed by atoms with E-state index in [1.165, 1.54) is 16.7 Å². The lowest BCUT2D eigenvalue weighted by atomic mass is 10.00. The Bertz CT molecular complexity index is 633. The molecule has 0 spiro atoms. The number of nitrogens with zero attached hydrogens (tertiary/aromatic N) is 3. The third-order valence-electron chi connectivity index (χ3n) is 5.14. The molecule has 0 radical (unpaired) electrons. The lowest BCUT2D eigenvalue weighted by Crippen LogP contribution is -2.50. The van der Waals surface area contributed by atoms with Gasteiger partial charge in [0.15, 0.2) is 5.96 Å². The van der Waals surface area contributed by atoms with E-state index in [0.29, 0.717) is 6.61 Å². The minimum atomic E-state index is 0.0735. The van der Waals surface area contributed by atoms with Crippen LogP contribution in [0.5, 0.6) is 0 Å². The summed E-state index contributed by atoms with van der Waals surface area (Å²) in [6.07, 6.45) is 1.25. The van der Waals surface area contributed by atoms with Crippen molar-refractivity contribution in [3.05, 3.63) is 34.9 Å². The number of benzene rings is 1. The number of ether oxygens (including phenoxy) is 2. The van der Waals surface area contributed by atoms with Crippen molar-refractivity contribution in [1.29, 1.82) is 0 Å². The molecule has 0 aromatic heterocycles. The van der Waals surface area contributed by atoms with Gasteiger partial charge in [-0.05, 0) is 52.4 Å². The third-order valence-corrected chi connectivity index (χ3v) is 5.14. The monoisotopic (exact) mass is 390 g/mol. The van der Waals surface area contributed by atoms with Crippen LogP contribution in [0.15, 0.2) is 23.2 Å². The highest BCUT2D eigenvalue weighted by molar-refractivity contribution is 5.80. The molecule has 28 heavy (non-hydrogen) atoms. The molecule has 0 saturated carbocycles. The van der Waals surface area contributed by atoms with Gasteiger partial charge in [-0.1, -0.05) is 23.8 Å². The van der Waals surface area contributed by atoms with Crippen LogP contribution in [-0.2, 0) is 9.47 Å². The van der Waals surface area contributed by atoms with Gasteiger partial charge in [0.05, 0.1) is 19.3 Å². The quantitative estimate of drug-likeness (QED) is 0.546. The molecular weight excluding hydrogens is 352 g/mol. The van der Waals surface area contributed by atoms with Gasteiger partial charge >= 0.3 is 0 Å². The van der Waals surface area contributed by atoms with Crippen LogP contribution >= 0.6 is 0 Å². The average Bonchev–Trinajstić information content (AvgIpc) is 2.66. The summed E-state index contributed by atoms with van der Waals surface area (Å²) in [7, 11) is 6.03. The summed E-state index contributed by atoms with van der Waals surface area (Å²) in [5, 5.41) is 3.52. The number of hydrogen-bond donors (Lipinski definition) is 1. The Morgan fingerprint density at radius 1 is 1.39 bits per heavy atom. The van der Waals surface area contributed by atoms with Crippen molar-refractivity contribution in [2.24, 2.45) is 4.99 Å². The average molecular weight is 391 g/mol. The van der Waals surface area contributed by atoms with Gasteiger partial charge < -0.3 is 24.6 Å². The maximum atomic E-state index is 6.08. The molecule has 2 atom stereocenters. The van der Waals surface area contributed by atoms with Crippen LogP contribution in [0.3, 0.4) is 0 Å². The van der Waals surface area contributed by atoms with E-state index in [1.807, 2.05) is 14.0 Å². The van der Waals surface area contributed by atoms with Crippen molar-refractivity contribution < 1.29 is 9.47 Å². The molecule has 0 aliphatic carbocycles. The molecule has 1 aromatic carbocycles. The molecule has 1 fully saturated rings. The summed E-state index contributed by atoms with van der Waals surface area (Å²) in [4.78, 5) is 9.00. The second-order valence-electron chi connectivity index (χ2n) is 7.76. The summed E-state index contributed by atoms with van der Waals surface area (Å²) in [6.45, 7) is 11.2. The highest BCUT2D eigenvalue weighted by atomic mass is 16.5. The Balaban J connectivity index is 1.97. The van der Waals surface area contributed by atoms with Crippen LogP contribution in [0.1, 0.15) is 36.1 Å². The molecule has 1 heterocycles. The molecule has 0 bridgehead atoms. The van der Waals surface area contributed by atoms with Gasteiger partial charge in [0.25, 0.3) is 0 Å². The SMILES string of the molecule is CCOC(CCN(C)C)CNC(=NC)N1CCOC(c2ccc(C)cc2C)C1. The van der Waals surface area contributed by atoms with Crippen molar-refractivity contribution in [1.82, 2.24) is 15.1 Å². The second-order valence-corrected chi connectivity index (χ2v) is 7.76. The lowest BCUT2D eigenvalue weighted by molar-refractivity contribution is -0.00884. The molecule has 2 unspecified atom stereocenters. The maximum absolute atomic E-state index is 6.08. The Morgan fingerprint density at radius 2 is 2.18 bits per heavy atom. The first-order chi connectivity index (χ1) is 13.4. The number of morpholine rings is 1. The fraction of sp³-hybridized carbons (Fsp3) is 0.682. The molecule has 1 N–H and O–H groups in total. The summed E-state index contributed by atoms with van der Waals surface area (Å²) < 4.78 is 12.0. The van der Waals surface area contributed by atoms with Gasteiger partial charge in [-0.2, -0.15) is 0 Å². The normalized spacial score (nSPS) is 19.2. The van der Waals surface area contributed by atoms with Gasteiger partial charge in [0.2, 0.25) is 0 Å². The minimum Gasteiger partial charge on any atom is -0.377 e. The maximum Gasteiger partial charge on any atom is 0.193 e. The van der Waals surface area contributed by atoms with Crippen LogP contribution in [0.4, 0.5) is 0 Å². The first-order valence-corrected chi connectivity index (χ1v) is 10.3. The van der Waals surface area contributed by atoms with Gasteiger partial charge in [0.1, 0.15) is 6.10 Å². The van der Waals surface area contributed by atoms with Crippen LogP contribution in [0.2, 0.25) is 0 Å². The topological polar surface area (TPSA) is 49.3 Å². The van der Waals surface area contributed by atoms with E-state index >= 15 is 0 Å². The predicted molar refractivity (Wildman–Crippen MR) is 116 cm³/mol. The van der Waals surface area contributed by atoms with Crippen LogP contribution in [0, 0.1) is 13.8 Å². The Kier molecular flexibility index (Phi) is 9.22. The van der Waals surface area contributed by atoms with Gasteiger partial charge in [-0.25, -0.2) is 0 Å². The highest BCUT2D eigenvalue weighted by Crippen LogP contribution is 2.25. The molecular formula is C22H38N4O2. The van der Waals surface area contributed by atoms with Crippen LogP contribution in [0.25, 0.3) is 0 Å². The molecule has 1 aliphatic heterocycles. The van der Waals surface area contributed by atoms with E-state index in [1.54, 1.807) is 0 Å². The summed E-state index contributed by atoms with van der Waals surface area (Å²) in [5.41, 5.74) is 3.84. The fourth-order valence-corrected chi connectivity index (χ4v) is 3.64. The van der Waals surface area contributed by atoms with E-state index in [2.05, 4.69) is 66.3 Å². The zero-order valence-electron chi connectivity index (χ0n) is 18.5. The Labute approximate surface area is 170 Å². The minimum absolute atomic E-state index is 0.0735. The van der Waals surface area contributed by atoms with Crippen LogP contribution < -0.4 is 5.32 Å². The van der Waals surface area contributed by atoms with Crippen molar-refractivity contribution in [3.63, 3.8) is 0 Å². The number of guanidine groups is 1. The van der Waals surface area contributed by atoms with E-state index in [0.717, 1.165) is 45.2 Å². The molecule has 1 aromatic rings. The van der Waals surface area contributed by atoms with E-state index in [-0.39, 0.29) is 12.2 Å². The number of aryl methyl sites for hydroxylation is 2. The van der Waals surface area contributed by atoms with Crippen molar-refractivity contribution >= 4 is 5.96 Å². The Morgan fingerprint density at radius 3 is 2.82 bits per heavy atom. The largest absolute Gasteiger partial charge is 0.377 e. The molecule has 1 saturated heterocycles. The number of nitrogens with one attached hydrogen (secondary N) is 1. The molecule has 1 aliphatic rings. The Hall–Kier alpha value is -1.63. The van der Waals surface area contributed by atoms with Crippen molar-refractivity contribution in [3.8, 4) is 0 Å². The smallest absolute Gasteiger partial charge is 0.193 e. The van der Waals surface area contributed by atoms with Crippen molar-refractivity contribution in [2.75, 3.05) is 60.5 Å².